The average Bonchev–Trinajstić information content (AvgIpc) is 3.26. The normalized spacial score (nSPS) is 25.7. The molecule has 0 saturated heterocycles. The van der Waals surface area contributed by atoms with E-state index < -0.39 is 26.4 Å². The number of carbonyl (C=O) groups excluding carboxylic acids is 1. The first-order chi connectivity index (χ1) is 11.4. The molecule has 2 aromatic rings. The number of aryl methyl sites for hydroxylation is 1. The zero-order chi connectivity index (χ0) is 17.5. The standard InChI is InChI=1S/C18H14BrNO3S/c1-12-2-8-15(9-3-12)24(22,23)17-16(18(17,10-20)11-21)13-4-6-14(19)7-5-13/h2-9,11,16-17H,1H3. The fraction of sp³-hybridized carbons (Fsp3) is 0.222. The van der Waals surface area contributed by atoms with E-state index in [1.54, 1.807) is 36.4 Å². The summed E-state index contributed by atoms with van der Waals surface area (Å²) in [4.78, 5) is 11.8. The molecule has 0 radical (unpaired) electrons. The molecule has 2 aromatic carbocycles. The van der Waals surface area contributed by atoms with Crippen molar-refractivity contribution in [3.05, 3.63) is 64.1 Å². The third-order valence-corrected chi connectivity index (χ3v) is 7.27. The maximum absolute atomic E-state index is 13.0. The third-order valence-electron chi connectivity index (χ3n) is 4.48. The molecule has 0 spiro atoms. The van der Waals surface area contributed by atoms with Gasteiger partial charge in [0.15, 0.2) is 9.84 Å². The second-order valence-corrected chi connectivity index (χ2v) is 8.96. The number of hydrogen-bond donors (Lipinski definition) is 0. The lowest BCUT2D eigenvalue weighted by Crippen LogP contribution is -2.16. The zero-order valence-electron chi connectivity index (χ0n) is 12.8. The van der Waals surface area contributed by atoms with Crippen LogP contribution in [0.25, 0.3) is 0 Å². The highest BCUT2D eigenvalue weighted by Gasteiger charge is 2.72. The molecule has 1 saturated carbocycles. The van der Waals surface area contributed by atoms with Crippen LogP contribution in [0.2, 0.25) is 0 Å². The molecule has 0 heterocycles. The number of halogens is 1. The van der Waals surface area contributed by atoms with Gasteiger partial charge in [-0.1, -0.05) is 45.8 Å². The van der Waals surface area contributed by atoms with Gasteiger partial charge in [0.25, 0.3) is 0 Å². The summed E-state index contributed by atoms with van der Waals surface area (Å²) in [7, 11) is -3.79. The van der Waals surface area contributed by atoms with Crippen LogP contribution < -0.4 is 0 Å². The van der Waals surface area contributed by atoms with Crippen molar-refractivity contribution in [3.8, 4) is 6.07 Å². The average molecular weight is 404 g/mol. The molecule has 0 N–H and O–H groups in total. The minimum absolute atomic E-state index is 0.138. The molecule has 24 heavy (non-hydrogen) atoms. The topological polar surface area (TPSA) is 75.0 Å². The van der Waals surface area contributed by atoms with Gasteiger partial charge >= 0.3 is 0 Å². The van der Waals surface area contributed by atoms with Crippen molar-refractivity contribution in [2.24, 2.45) is 5.41 Å². The molecule has 3 atom stereocenters. The Morgan fingerprint density at radius 2 is 1.71 bits per heavy atom. The zero-order valence-corrected chi connectivity index (χ0v) is 15.2. The number of carbonyl (C=O) groups is 1. The van der Waals surface area contributed by atoms with Crippen molar-refractivity contribution >= 4 is 32.1 Å². The summed E-state index contributed by atoms with van der Waals surface area (Å²) in [6.45, 7) is 1.86. The molecule has 3 rings (SSSR count). The smallest absolute Gasteiger partial charge is 0.183 e. The summed E-state index contributed by atoms with van der Waals surface area (Å²) < 4.78 is 26.8. The highest BCUT2D eigenvalue weighted by Crippen LogP contribution is 2.62. The molecular weight excluding hydrogens is 390 g/mol. The molecule has 122 valence electrons. The van der Waals surface area contributed by atoms with Crippen LogP contribution in [-0.4, -0.2) is 20.0 Å². The first kappa shape index (κ1) is 16.9. The Bertz CT molecular complexity index is 930. The van der Waals surface area contributed by atoms with Gasteiger partial charge in [0.1, 0.15) is 17.0 Å². The Morgan fingerprint density at radius 3 is 2.21 bits per heavy atom. The Balaban J connectivity index is 2.08. The van der Waals surface area contributed by atoms with Gasteiger partial charge in [0.05, 0.1) is 11.0 Å². The molecule has 0 aliphatic heterocycles. The third kappa shape index (κ3) is 2.48. The number of rotatable bonds is 4. The van der Waals surface area contributed by atoms with Crippen molar-refractivity contribution in [2.45, 2.75) is 23.0 Å². The first-order valence-electron chi connectivity index (χ1n) is 7.30. The summed E-state index contributed by atoms with van der Waals surface area (Å²) in [6.07, 6.45) is 0.482. The predicted molar refractivity (Wildman–Crippen MR) is 93.1 cm³/mol. The van der Waals surface area contributed by atoms with Crippen LogP contribution in [0.1, 0.15) is 17.0 Å². The van der Waals surface area contributed by atoms with Gasteiger partial charge in [-0.25, -0.2) is 8.42 Å². The summed E-state index contributed by atoms with van der Waals surface area (Å²) in [5, 5.41) is 8.45. The summed E-state index contributed by atoms with van der Waals surface area (Å²) in [5.41, 5.74) is 0.0843. The van der Waals surface area contributed by atoms with E-state index in [9.17, 15) is 18.5 Å². The van der Waals surface area contributed by atoms with Gasteiger partial charge in [0, 0.05) is 10.4 Å². The van der Waals surface area contributed by atoms with E-state index in [0.29, 0.717) is 11.8 Å². The fourth-order valence-electron chi connectivity index (χ4n) is 3.11. The van der Waals surface area contributed by atoms with Gasteiger partial charge in [-0.05, 0) is 36.8 Å². The summed E-state index contributed by atoms with van der Waals surface area (Å²) in [6, 6.07) is 15.4. The molecular formula is C18H14BrNO3S. The van der Waals surface area contributed by atoms with Gasteiger partial charge in [-0.3, -0.25) is 0 Å². The van der Waals surface area contributed by atoms with Crippen LogP contribution in [0, 0.1) is 23.7 Å². The second-order valence-electron chi connectivity index (χ2n) is 5.97. The van der Waals surface area contributed by atoms with Crippen LogP contribution in [-0.2, 0) is 14.6 Å². The second kappa shape index (κ2) is 5.83. The van der Waals surface area contributed by atoms with Gasteiger partial charge in [-0.2, -0.15) is 5.26 Å². The number of hydrogen-bond acceptors (Lipinski definition) is 4. The summed E-state index contributed by atoms with van der Waals surface area (Å²) in [5.74, 6) is -0.653. The highest BCUT2D eigenvalue weighted by atomic mass is 79.9. The molecule has 0 aromatic heterocycles. The lowest BCUT2D eigenvalue weighted by molar-refractivity contribution is -0.110. The Kier molecular flexibility index (Phi) is 4.10. The maximum Gasteiger partial charge on any atom is 0.183 e. The number of aldehydes is 1. The van der Waals surface area contributed by atoms with Crippen molar-refractivity contribution in [2.75, 3.05) is 0 Å². The van der Waals surface area contributed by atoms with Gasteiger partial charge in [-0.15, -0.1) is 0 Å². The largest absolute Gasteiger partial charge is 0.302 e. The number of nitrogens with zero attached hydrogens (tertiary/aromatic N) is 1. The fourth-order valence-corrected chi connectivity index (χ4v) is 5.61. The Labute approximate surface area is 149 Å². The predicted octanol–water partition coefficient (Wildman–Crippen LogP) is 3.41. The van der Waals surface area contributed by atoms with Crippen molar-refractivity contribution in [3.63, 3.8) is 0 Å². The number of benzene rings is 2. The van der Waals surface area contributed by atoms with E-state index in [-0.39, 0.29) is 4.90 Å². The van der Waals surface area contributed by atoms with Crippen LogP contribution in [0.3, 0.4) is 0 Å². The van der Waals surface area contributed by atoms with E-state index in [2.05, 4.69) is 15.9 Å². The van der Waals surface area contributed by atoms with Crippen LogP contribution >= 0.6 is 15.9 Å². The van der Waals surface area contributed by atoms with Gasteiger partial charge < -0.3 is 4.79 Å². The molecule has 3 unspecified atom stereocenters. The molecule has 0 bridgehead atoms. The molecule has 1 fully saturated rings. The first-order valence-corrected chi connectivity index (χ1v) is 9.64. The molecule has 1 aliphatic rings. The molecule has 0 amide bonds. The molecule has 1 aliphatic carbocycles. The van der Waals surface area contributed by atoms with E-state index in [1.807, 2.05) is 13.0 Å². The lowest BCUT2D eigenvalue weighted by atomic mass is 10.0. The van der Waals surface area contributed by atoms with Crippen molar-refractivity contribution in [1.82, 2.24) is 0 Å². The summed E-state index contributed by atoms with van der Waals surface area (Å²) >= 11 is 3.32. The highest BCUT2D eigenvalue weighted by molar-refractivity contribution is 9.10. The van der Waals surface area contributed by atoms with E-state index >= 15 is 0 Å². The van der Waals surface area contributed by atoms with E-state index in [1.165, 1.54) is 12.1 Å². The van der Waals surface area contributed by atoms with E-state index in [4.69, 9.17) is 0 Å². The van der Waals surface area contributed by atoms with Crippen molar-refractivity contribution in [1.29, 1.82) is 5.26 Å². The van der Waals surface area contributed by atoms with Crippen LogP contribution in [0.5, 0.6) is 0 Å². The van der Waals surface area contributed by atoms with Gasteiger partial charge in [0.2, 0.25) is 0 Å². The Morgan fingerprint density at radius 1 is 1.12 bits per heavy atom. The minimum Gasteiger partial charge on any atom is -0.302 e. The van der Waals surface area contributed by atoms with E-state index in [0.717, 1.165) is 10.0 Å². The maximum atomic E-state index is 13.0. The molecule has 4 nitrogen and oxygen atoms in total. The lowest BCUT2D eigenvalue weighted by Gasteiger charge is -2.05. The monoisotopic (exact) mass is 403 g/mol. The van der Waals surface area contributed by atoms with Crippen LogP contribution in [0.4, 0.5) is 0 Å². The Hall–Kier alpha value is -1.97. The SMILES string of the molecule is Cc1ccc(S(=O)(=O)C2C(c3ccc(Br)cc3)C2(C#N)C=O)cc1. The minimum atomic E-state index is -3.79. The van der Waals surface area contributed by atoms with Crippen molar-refractivity contribution < 1.29 is 13.2 Å². The molecule has 6 heteroatoms. The quantitative estimate of drug-likeness (QED) is 0.732. The van der Waals surface area contributed by atoms with Crippen LogP contribution in [0.15, 0.2) is 57.9 Å². The number of sulfone groups is 1. The number of nitriles is 1.